The van der Waals surface area contributed by atoms with Gasteiger partial charge in [-0.3, -0.25) is 10.1 Å². The number of aromatic nitrogens is 2. The summed E-state index contributed by atoms with van der Waals surface area (Å²) in [5, 5.41) is 16.0. The number of hydrogen-bond donors (Lipinski definition) is 3. The third-order valence-corrected chi connectivity index (χ3v) is 3.56. The Hall–Kier alpha value is -1.35. The smallest absolute Gasteiger partial charge is 0.321 e. The molecule has 0 saturated heterocycles. The fourth-order valence-corrected chi connectivity index (χ4v) is 2.46. The van der Waals surface area contributed by atoms with Crippen molar-refractivity contribution in [3.8, 4) is 0 Å². The van der Waals surface area contributed by atoms with Gasteiger partial charge in [-0.15, -0.1) is 10.2 Å². The Kier molecular flexibility index (Phi) is 5.70. The average Bonchev–Trinajstić information content (AvgIpc) is 2.74. The Morgan fingerprint density at radius 3 is 2.82 bits per heavy atom. The maximum atomic E-state index is 11.3. The van der Waals surface area contributed by atoms with Crippen molar-refractivity contribution in [1.29, 1.82) is 0 Å². The van der Waals surface area contributed by atoms with Crippen molar-refractivity contribution in [2.24, 2.45) is 0 Å². The van der Waals surface area contributed by atoms with E-state index in [1.54, 1.807) is 0 Å². The van der Waals surface area contributed by atoms with Gasteiger partial charge in [0, 0.05) is 13.6 Å². The highest BCUT2D eigenvalue weighted by atomic mass is 32.2. The van der Waals surface area contributed by atoms with E-state index in [-0.39, 0.29) is 11.7 Å². The second-order valence-electron chi connectivity index (χ2n) is 2.82. The van der Waals surface area contributed by atoms with Gasteiger partial charge in [0.15, 0.2) is 4.34 Å². The summed E-state index contributed by atoms with van der Waals surface area (Å²) in [7, 11) is 1.45. The van der Waals surface area contributed by atoms with E-state index < -0.39 is 6.03 Å². The van der Waals surface area contributed by atoms with Gasteiger partial charge in [0.25, 0.3) is 0 Å². The summed E-state index contributed by atoms with van der Waals surface area (Å²) in [5.74, 6) is -0.233. The molecular weight excluding hydrogens is 262 g/mol. The summed E-state index contributed by atoms with van der Waals surface area (Å²) in [4.78, 5) is 22.1. The van der Waals surface area contributed by atoms with Crippen LogP contribution < -0.4 is 16.0 Å². The van der Waals surface area contributed by atoms with E-state index in [4.69, 9.17) is 0 Å². The van der Waals surface area contributed by atoms with Crippen LogP contribution >= 0.6 is 23.1 Å². The Balaban J connectivity index is 2.34. The first-order valence-corrected chi connectivity index (χ1v) is 6.67. The normalized spacial score (nSPS) is 9.76. The molecule has 0 saturated carbocycles. The first kappa shape index (κ1) is 13.7. The Morgan fingerprint density at radius 2 is 2.18 bits per heavy atom. The summed E-state index contributed by atoms with van der Waals surface area (Å²) in [5.41, 5.74) is 0. The van der Waals surface area contributed by atoms with Crippen molar-refractivity contribution in [3.63, 3.8) is 0 Å². The molecule has 1 rings (SSSR count). The Bertz CT molecular complexity index is 395. The molecule has 0 aliphatic heterocycles. The van der Waals surface area contributed by atoms with Crippen LogP contribution in [0.15, 0.2) is 4.34 Å². The zero-order valence-electron chi connectivity index (χ0n) is 9.44. The molecule has 3 N–H and O–H groups in total. The maximum Gasteiger partial charge on any atom is 0.321 e. The van der Waals surface area contributed by atoms with E-state index in [9.17, 15) is 9.59 Å². The topological polar surface area (TPSA) is 96.0 Å². The zero-order valence-corrected chi connectivity index (χ0v) is 11.1. The minimum absolute atomic E-state index is 0.133. The molecule has 9 heteroatoms. The highest BCUT2D eigenvalue weighted by molar-refractivity contribution is 8.01. The standard InChI is InChI=1S/C8H13N5O2S2/c1-3-10-7-12-13-8(17-7)16-4-5(14)11-6(15)9-2/h3-4H2,1-2H3,(H,10,12)(H2,9,11,14,15). The Morgan fingerprint density at radius 1 is 1.41 bits per heavy atom. The van der Waals surface area contributed by atoms with Crippen LogP contribution in [0.3, 0.4) is 0 Å². The molecule has 0 unspecified atom stereocenters. The number of rotatable bonds is 5. The van der Waals surface area contributed by atoms with Crippen LogP contribution in [0.5, 0.6) is 0 Å². The lowest BCUT2D eigenvalue weighted by Crippen LogP contribution is -2.38. The summed E-state index contributed by atoms with van der Waals surface area (Å²) in [6.07, 6.45) is 0. The molecule has 0 fully saturated rings. The van der Waals surface area contributed by atoms with Gasteiger partial charge in [0.2, 0.25) is 11.0 Å². The molecule has 0 spiro atoms. The SMILES string of the molecule is CCNc1nnc(SCC(=O)NC(=O)NC)s1. The van der Waals surface area contributed by atoms with Crippen molar-refractivity contribution >= 4 is 40.2 Å². The number of amides is 3. The molecule has 1 heterocycles. The minimum atomic E-state index is -0.513. The van der Waals surface area contributed by atoms with Crippen LogP contribution in [-0.4, -0.2) is 41.5 Å². The predicted octanol–water partition coefficient (Wildman–Crippen LogP) is 0.518. The summed E-state index contributed by atoms with van der Waals surface area (Å²) < 4.78 is 0.688. The molecule has 0 aliphatic rings. The highest BCUT2D eigenvalue weighted by Gasteiger charge is 2.09. The second kappa shape index (κ2) is 7.07. The van der Waals surface area contributed by atoms with Gasteiger partial charge >= 0.3 is 6.03 Å². The van der Waals surface area contributed by atoms with Crippen LogP contribution in [0, 0.1) is 0 Å². The third-order valence-electron chi connectivity index (χ3n) is 1.54. The molecule has 1 aromatic heterocycles. The molecule has 0 bridgehead atoms. The van der Waals surface area contributed by atoms with Crippen molar-refractivity contribution in [2.45, 2.75) is 11.3 Å². The minimum Gasteiger partial charge on any atom is -0.360 e. The predicted molar refractivity (Wildman–Crippen MR) is 67.4 cm³/mol. The number of thioether (sulfide) groups is 1. The van der Waals surface area contributed by atoms with Crippen LogP contribution in [0.25, 0.3) is 0 Å². The van der Waals surface area contributed by atoms with Gasteiger partial charge in [-0.25, -0.2) is 4.79 Å². The third kappa shape index (κ3) is 5.00. The molecule has 0 aliphatic carbocycles. The molecule has 1 aromatic rings. The lowest BCUT2D eigenvalue weighted by atomic mass is 10.7. The molecule has 7 nitrogen and oxygen atoms in total. The summed E-state index contributed by atoms with van der Waals surface area (Å²) >= 11 is 2.61. The molecular formula is C8H13N5O2S2. The zero-order chi connectivity index (χ0) is 12.7. The number of imide groups is 1. The largest absolute Gasteiger partial charge is 0.360 e. The number of anilines is 1. The van der Waals surface area contributed by atoms with E-state index >= 15 is 0 Å². The van der Waals surface area contributed by atoms with Gasteiger partial charge < -0.3 is 10.6 Å². The van der Waals surface area contributed by atoms with Gasteiger partial charge in [-0.05, 0) is 6.92 Å². The lowest BCUT2D eigenvalue weighted by molar-refractivity contribution is -0.117. The molecule has 17 heavy (non-hydrogen) atoms. The van der Waals surface area contributed by atoms with Crippen LogP contribution in [-0.2, 0) is 4.79 Å². The summed E-state index contributed by atoms with van der Waals surface area (Å²) in [6.45, 7) is 2.74. The number of urea groups is 1. The van der Waals surface area contributed by atoms with Crippen molar-refractivity contribution in [3.05, 3.63) is 0 Å². The quantitative estimate of drug-likeness (QED) is 0.678. The highest BCUT2D eigenvalue weighted by Crippen LogP contribution is 2.24. The van der Waals surface area contributed by atoms with E-state index in [1.807, 2.05) is 6.92 Å². The van der Waals surface area contributed by atoms with Crippen LogP contribution in [0.4, 0.5) is 9.93 Å². The first-order chi connectivity index (χ1) is 8.15. The van der Waals surface area contributed by atoms with Crippen molar-refractivity contribution < 1.29 is 9.59 Å². The summed E-state index contributed by atoms with van der Waals surface area (Å²) in [6, 6.07) is -0.513. The van der Waals surface area contributed by atoms with Gasteiger partial charge in [0.1, 0.15) is 0 Å². The molecule has 3 amide bonds. The molecule has 94 valence electrons. The first-order valence-electron chi connectivity index (χ1n) is 4.87. The van der Waals surface area contributed by atoms with Crippen molar-refractivity contribution in [1.82, 2.24) is 20.8 Å². The number of carbonyl (C=O) groups is 2. The fourth-order valence-electron chi connectivity index (χ4n) is 0.843. The second-order valence-corrected chi connectivity index (χ2v) is 5.02. The average molecular weight is 275 g/mol. The van der Waals surface area contributed by atoms with Gasteiger partial charge in [0.05, 0.1) is 5.75 Å². The van der Waals surface area contributed by atoms with E-state index in [1.165, 1.54) is 30.1 Å². The van der Waals surface area contributed by atoms with E-state index in [2.05, 4.69) is 26.1 Å². The van der Waals surface area contributed by atoms with E-state index in [0.717, 1.165) is 11.7 Å². The number of hydrogen-bond acceptors (Lipinski definition) is 7. The fraction of sp³-hybridized carbons (Fsp3) is 0.500. The van der Waals surface area contributed by atoms with Crippen LogP contribution in [0.1, 0.15) is 6.92 Å². The van der Waals surface area contributed by atoms with Crippen LogP contribution in [0.2, 0.25) is 0 Å². The number of nitrogens with one attached hydrogen (secondary N) is 3. The van der Waals surface area contributed by atoms with Crippen molar-refractivity contribution in [2.75, 3.05) is 24.7 Å². The number of carbonyl (C=O) groups excluding carboxylic acids is 2. The molecule has 0 aromatic carbocycles. The monoisotopic (exact) mass is 275 g/mol. The number of nitrogens with zero attached hydrogens (tertiary/aromatic N) is 2. The van der Waals surface area contributed by atoms with Gasteiger partial charge in [-0.2, -0.15) is 0 Å². The lowest BCUT2D eigenvalue weighted by Gasteiger charge is -2.00. The van der Waals surface area contributed by atoms with E-state index in [0.29, 0.717) is 4.34 Å². The molecule has 0 atom stereocenters. The Labute approximate surface area is 107 Å². The van der Waals surface area contributed by atoms with Gasteiger partial charge in [-0.1, -0.05) is 23.1 Å². The molecule has 0 radical (unpaired) electrons. The maximum absolute atomic E-state index is 11.3.